The molecule has 8 heteroatoms. The molecule has 26 heavy (non-hydrogen) atoms. The highest BCUT2D eigenvalue weighted by Crippen LogP contribution is 2.35. The number of ether oxygens (including phenoxy) is 1. The fourth-order valence-corrected chi connectivity index (χ4v) is 2.80. The van der Waals surface area contributed by atoms with Gasteiger partial charge in [-0.05, 0) is 26.3 Å². The normalized spacial score (nSPS) is 17.2. The second kappa shape index (κ2) is 7.81. The van der Waals surface area contributed by atoms with Crippen molar-refractivity contribution in [2.24, 2.45) is 0 Å². The van der Waals surface area contributed by atoms with Gasteiger partial charge in [-0.3, -0.25) is 10.1 Å². The standard InChI is InChI=1S/C18H21N3O5/c1-5-9-20-16(13-7-6-8-14(10-13)21(24)25)15(12(4)19-18(20)23)17(22)26-11(2)3/h5-8,10-11,16H,1,9H2,2-4H3,(H,19,23). The summed E-state index contributed by atoms with van der Waals surface area (Å²) < 4.78 is 5.32. The van der Waals surface area contributed by atoms with E-state index in [0.717, 1.165) is 0 Å². The van der Waals surface area contributed by atoms with Gasteiger partial charge < -0.3 is 15.0 Å². The number of carbonyl (C=O) groups excluding carboxylic acids is 2. The van der Waals surface area contributed by atoms with Crippen LogP contribution in [0.3, 0.4) is 0 Å². The van der Waals surface area contributed by atoms with Gasteiger partial charge >= 0.3 is 12.0 Å². The van der Waals surface area contributed by atoms with Crippen LogP contribution in [0.5, 0.6) is 0 Å². The van der Waals surface area contributed by atoms with Crippen LogP contribution in [-0.2, 0) is 9.53 Å². The fraction of sp³-hybridized carbons (Fsp3) is 0.333. The number of non-ortho nitro benzene ring substituents is 1. The molecule has 0 bridgehead atoms. The van der Waals surface area contributed by atoms with Gasteiger partial charge in [-0.1, -0.05) is 18.2 Å². The number of rotatable bonds is 6. The number of carbonyl (C=O) groups is 2. The van der Waals surface area contributed by atoms with E-state index >= 15 is 0 Å². The molecule has 0 radical (unpaired) electrons. The predicted molar refractivity (Wildman–Crippen MR) is 95.2 cm³/mol. The van der Waals surface area contributed by atoms with Crippen molar-refractivity contribution in [2.75, 3.05) is 6.54 Å². The van der Waals surface area contributed by atoms with Gasteiger partial charge in [0.1, 0.15) is 0 Å². The van der Waals surface area contributed by atoms with E-state index < -0.39 is 23.0 Å². The summed E-state index contributed by atoms with van der Waals surface area (Å²) in [7, 11) is 0. The van der Waals surface area contributed by atoms with Crippen LogP contribution in [0.1, 0.15) is 32.4 Å². The third-order valence-corrected chi connectivity index (χ3v) is 3.83. The molecule has 1 unspecified atom stereocenters. The molecule has 1 atom stereocenters. The van der Waals surface area contributed by atoms with E-state index in [9.17, 15) is 19.7 Å². The van der Waals surface area contributed by atoms with Crippen LogP contribution in [0.4, 0.5) is 10.5 Å². The van der Waals surface area contributed by atoms with Crippen LogP contribution in [-0.4, -0.2) is 34.5 Å². The van der Waals surface area contributed by atoms with Gasteiger partial charge in [-0.2, -0.15) is 0 Å². The van der Waals surface area contributed by atoms with E-state index in [0.29, 0.717) is 11.3 Å². The molecule has 1 aliphatic rings. The van der Waals surface area contributed by atoms with Crippen molar-refractivity contribution in [2.45, 2.75) is 32.9 Å². The number of nitrogens with zero attached hydrogens (tertiary/aromatic N) is 2. The summed E-state index contributed by atoms with van der Waals surface area (Å²) in [5.74, 6) is -0.580. The lowest BCUT2D eigenvalue weighted by Gasteiger charge is -2.37. The molecule has 8 nitrogen and oxygen atoms in total. The molecule has 0 aromatic heterocycles. The Morgan fingerprint density at radius 2 is 2.19 bits per heavy atom. The van der Waals surface area contributed by atoms with Crippen LogP contribution in [0.25, 0.3) is 0 Å². The average Bonchev–Trinajstić information content (AvgIpc) is 2.56. The molecule has 0 aliphatic carbocycles. The molecule has 2 amide bonds. The van der Waals surface area contributed by atoms with Crippen LogP contribution >= 0.6 is 0 Å². The largest absolute Gasteiger partial charge is 0.459 e. The first kappa shape index (κ1) is 19.2. The molecular formula is C18H21N3O5. The minimum absolute atomic E-state index is 0.124. The lowest BCUT2D eigenvalue weighted by Crippen LogP contribution is -2.48. The molecule has 0 fully saturated rings. The van der Waals surface area contributed by atoms with Crippen LogP contribution in [0, 0.1) is 10.1 Å². The van der Waals surface area contributed by atoms with Gasteiger partial charge in [-0.15, -0.1) is 6.58 Å². The number of hydrogen-bond acceptors (Lipinski definition) is 5. The predicted octanol–water partition coefficient (Wildman–Crippen LogP) is 3.07. The third kappa shape index (κ3) is 3.90. The summed E-state index contributed by atoms with van der Waals surface area (Å²) in [5.41, 5.74) is 0.922. The Bertz CT molecular complexity index is 785. The SMILES string of the molecule is C=CCN1C(=O)NC(C)=C(C(=O)OC(C)C)C1c1cccc([N+](=O)[O-])c1. The zero-order chi connectivity index (χ0) is 19.4. The molecule has 1 aliphatic heterocycles. The smallest absolute Gasteiger partial charge is 0.338 e. The van der Waals surface area contributed by atoms with E-state index in [1.807, 2.05) is 0 Å². The molecule has 0 saturated carbocycles. The van der Waals surface area contributed by atoms with Gasteiger partial charge in [0.2, 0.25) is 0 Å². The number of nitro benzene ring substituents is 1. The van der Waals surface area contributed by atoms with E-state index in [4.69, 9.17) is 4.74 Å². The first-order valence-electron chi connectivity index (χ1n) is 8.10. The molecular weight excluding hydrogens is 338 g/mol. The van der Waals surface area contributed by atoms with E-state index in [-0.39, 0.29) is 23.9 Å². The van der Waals surface area contributed by atoms with Crippen LogP contribution < -0.4 is 5.32 Å². The highest BCUT2D eigenvalue weighted by Gasteiger charge is 2.38. The molecule has 0 spiro atoms. The number of nitrogens with one attached hydrogen (secondary N) is 1. The maximum Gasteiger partial charge on any atom is 0.338 e. The van der Waals surface area contributed by atoms with E-state index in [1.54, 1.807) is 26.8 Å². The van der Waals surface area contributed by atoms with Crippen LogP contribution in [0.15, 0.2) is 48.2 Å². The van der Waals surface area contributed by atoms with Crippen molar-refractivity contribution >= 4 is 17.7 Å². The Kier molecular flexibility index (Phi) is 5.76. The van der Waals surface area contributed by atoms with E-state index in [1.165, 1.54) is 29.2 Å². The maximum absolute atomic E-state index is 12.7. The zero-order valence-electron chi connectivity index (χ0n) is 14.9. The number of allylic oxidation sites excluding steroid dienone is 1. The Balaban J connectivity index is 2.62. The van der Waals surface area contributed by atoms with Crippen molar-refractivity contribution in [3.05, 3.63) is 63.9 Å². The van der Waals surface area contributed by atoms with Crippen molar-refractivity contribution < 1.29 is 19.2 Å². The minimum Gasteiger partial charge on any atom is -0.459 e. The van der Waals surface area contributed by atoms with Crippen molar-refractivity contribution in [1.82, 2.24) is 10.2 Å². The van der Waals surface area contributed by atoms with Gasteiger partial charge in [0.05, 0.1) is 22.6 Å². The molecule has 1 heterocycles. The molecule has 0 saturated heterocycles. The lowest BCUT2D eigenvalue weighted by molar-refractivity contribution is -0.384. The first-order valence-corrected chi connectivity index (χ1v) is 8.10. The molecule has 1 aromatic carbocycles. The molecule has 1 N–H and O–H groups in total. The minimum atomic E-state index is -0.812. The average molecular weight is 359 g/mol. The fourth-order valence-electron chi connectivity index (χ4n) is 2.80. The summed E-state index contributed by atoms with van der Waals surface area (Å²) in [6, 6.07) is 4.64. The Hall–Kier alpha value is -3.16. The summed E-state index contributed by atoms with van der Waals surface area (Å²) in [6.07, 6.45) is 1.18. The molecule has 2 rings (SSSR count). The zero-order valence-corrected chi connectivity index (χ0v) is 14.9. The topological polar surface area (TPSA) is 102 Å². The number of urea groups is 1. The number of nitro groups is 1. The van der Waals surface area contributed by atoms with Crippen molar-refractivity contribution in [3.8, 4) is 0 Å². The summed E-state index contributed by atoms with van der Waals surface area (Å²) in [5, 5.41) is 13.8. The second-order valence-electron chi connectivity index (χ2n) is 6.12. The number of benzene rings is 1. The third-order valence-electron chi connectivity index (χ3n) is 3.83. The maximum atomic E-state index is 12.7. The quantitative estimate of drug-likeness (QED) is 0.364. The highest BCUT2D eigenvalue weighted by atomic mass is 16.6. The van der Waals surface area contributed by atoms with Crippen LogP contribution in [0.2, 0.25) is 0 Å². The molecule has 138 valence electrons. The summed E-state index contributed by atoms with van der Waals surface area (Å²) in [6.45, 7) is 8.84. The van der Waals surface area contributed by atoms with Crippen molar-refractivity contribution in [3.63, 3.8) is 0 Å². The van der Waals surface area contributed by atoms with Gasteiger partial charge in [0.25, 0.3) is 5.69 Å². The Labute approximate surface area is 151 Å². The van der Waals surface area contributed by atoms with E-state index in [2.05, 4.69) is 11.9 Å². The Morgan fingerprint density at radius 1 is 1.50 bits per heavy atom. The summed E-state index contributed by atoms with van der Waals surface area (Å²) >= 11 is 0. The van der Waals surface area contributed by atoms with Gasteiger partial charge in [-0.25, -0.2) is 9.59 Å². The summed E-state index contributed by atoms with van der Waals surface area (Å²) in [4.78, 5) is 37.1. The first-order chi connectivity index (χ1) is 12.3. The number of hydrogen-bond donors (Lipinski definition) is 1. The molecule has 1 aromatic rings. The van der Waals surface area contributed by atoms with Gasteiger partial charge in [0, 0.05) is 24.4 Å². The number of amides is 2. The second-order valence-corrected chi connectivity index (χ2v) is 6.12. The Morgan fingerprint density at radius 3 is 2.77 bits per heavy atom. The monoisotopic (exact) mass is 359 g/mol. The number of esters is 1. The van der Waals surface area contributed by atoms with Gasteiger partial charge in [0.15, 0.2) is 0 Å². The highest BCUT2D eigenvalue weighted by molar-refractivity contribution is 5.95. The van der Waals surface area contributed by atoms with Crippen molar-refractivity contribution in [1.29, 1.82) is 0 Å². The lowest BCUT2D eigenvalue weighted by atomic mass is 9.93.